The number of alkyl halides is 1. The van der Waals surface area contributed by atoms with Gasteiger partial charge >= 0.3 is 0 Å². The SMILES string of the molecule is Cc1cc(C(=O)CCCl)sc1Cl. The minimum absolute atomic E-state index is 0.0741. The van der Waals surface area contributed by atoms with E-state index in [1.165, 1.54) is 11.3 Å². The van der Waals surface area contributed by atoms with E-state index in [0.29, 0.717) is 21.5 Å². The number of hydrogen-bond donors (Lipinski definition) is 0. The van der Waals surface area contributed by atoms with Crippen molar-refractivity contribution in [2.75, 3.05) is 5.88 Å². The summed E-state index contributed by atoms with van der Waals surface area (Å²) in [4.78, 5) is 12.0. The van der Waals surface area contributed by atoms with Crippen LogP contribution in [0.15, 0.2) is 6.07 Å². The third-order valence-electron chi connectivity index (χ3n) is 1.45. The highest BCUT2D eigenvalue weighted by molar-refractivity contribution is 7.18. The van der Waals surface area contributed by atoms with Crippen molar-refractivity contribution in [3.63, 3.8) is 0 Å². The molecule has 0 aromatic carbocycles. The molecule has 4 heteroatoms. The monoisotopic (exact) mass is 222 g/mol. The Morgan fingerprint density at radius 2 is 2.33 bits per heavy atom. The average molecular weight is 223 g/mol. The van der Waals surface area contributed by atoms with Crippen LogP contribution in [0.25, 0.3) is 0 Å². The number of carbonyl (C=O) groups excluding carboxylic acids is 1. The lowest BCUT2D eigenvalue weighted by atomic mass is 10.2. The van der Waals surface area contributed by atoms with Crippen molar-refractivity contribution in [2.45, 2.75) is 13.3 Å². The first-order chi connectivity index (χ1) is 5.65. The molecule has 0 aliphatic rings. The molecule has 0 saturated heterocycles. The lowest BCUT2D eigenvalue weighted by Crippen LogP contribution is -1.95. The fourth-order valence-electron chi connectivity index (χ4n) is 0.806. The van der Waals surface area contributed by atoms with Crippen molar-refractivity contribution in [3.05, 3.63) is 20.8 Å². The maximum atomic E-state index is 11.3. The van der Waals surface area contributed by atoms with Crippen LogP contribution in [-0.2, 0) is 0 Å². The lowest BCUT2D eigenvalue weighted by molar-refractivity contribution is 0.0993. The van der Waals surface area contributed by atoms with E-state index in [4.69, 9.17) is 23.2 Å². The molecule has 1 heterocycles. The summed E-state index contributed by atoms with van der Waals surface area (Å²) < 4.78 is 0.688. The van der Waals surface area contributed by atoms with Gasteiger partial charge in [0.15, 0.2) is 5.78 Å². The largest absolute Gasteiger partial charge is 0.293 e. The second-order valence-electron chi connectivity index (χ2n) is 2.43. The van der Waals surface area contributed by atoms with Gasteiger partial charge in [-0.3, -0.25) is 4.79 Å². The molecule has 1 rings (SSSR count). The van der Waals surface area contributed by atoms with Gasteiger partial charge in [-0.1, -0.05) is 11.6 Å². The van der Waals surface area contributed by atoms with Crippen LogP contribution < -0.4 is 0 Å². The Hall–Kier alpha value is -0.0500. The first-order valence-electron chi connectivity index (χ1n) is 3.50. The highest BCUT2D eigenvalue weighted by Crippen LogP contribution is 2.27. The van der Waals surface area contributed by atoms with E-state index in [1.54, 1.807) is 0 Å². The van der Waals surface area contributed by atoms with Crippen LogP contribution in [0.2, 0.25) is 4.34 Å². The summed E-state index contributed by atoms with van der Waals surface area (Å²) in [6, 6.07) is 1.81. The molecule has 1 aromatic rings. The summed E-state index contributed by atoms with van der Waals surface area (Å²) in [7, 11) is 0. The van der Waals surface area contributed by atoms with Crippen LogP contribution in [0.4, 0.5) is 0 Å². The summed E-state index contributed by atoms with van der Waals surface area (Å²) in [6.45, 7) is 1.89. The van der Waals surface area contributed by atoms with E-state index in [1.807, 2.05) is 13.0 Å². The smallest absolute Gasteiger partial charge is 0.174 e. The van der Waals surface area contributed by atoms with Gasteiger partial charge < -0.3 is 0 Å². The Morgan fingerprint density at radius 1 is 1.67 bits per heavy atom. The van der Waals surface area contributed by atoms with Crippen molar-refractivity contribution in [2.24, 2.45) is 0 Å². The normalized spacial score (nSPS) is 10.2. The molecule has 0 N–H and O–H groups in total. The van der Waals surface area contributed by atoms with Crippen molar-refractivity contribution in [1.29, 1.82) is 0 Å². The zero-order valence-corrected chi connectivity index (χ0v) is 8.89. The van der Waals surface area contributed by atoms with Crippen molar-refractivity contribution in [3.8, 4) is 0 Å². The molecule has 0 saturated carbocycles. The number of hydrogen-bond acceptors (Lipinski definition) is 2. The Morgan fingerprint density at radius 3 is 2.75 bits per heavy atom. The van der Waals surface area contributed by atoms with Gasteiger partial charge in [-0.15, -0.1) is 22.9 Å². The van der Waals surface area contributed by atoms with Crippen LogP contribution in [0.1, 0.15) is 21.7 Å². The maximum absolute atomic E-state index is 11.3. The minimum atomic E-state index is 0.0741. The van der Waals surface area contributed by atoms with Crippen LogP contribution in [0.5, 0.6) is 0 Å². The summed E-state index contributed by atoms with van der Waals surface area (Å²) >= 11 is 12.6. The van der Waals surface area contributed by atoms with E-state index < -0.39 is 0 Å². The van der Waals surface area contributed by atoms with Gasteiger partial charge in [0.1, 0.15) is 0 Å². The molecule has 0 aliphatic heterocycles. The summed E-state index contributed by atoms with van der Waals surface area (Å²) in [5.41, 5.74) is 0.958. The maximum Gasteiger partial charge on any atom is 0.174 e. The standard InChI is InChI=1S/C8H8Cl2OS/c1-5-4-7(12-8(5)10)6(11)2-3-9/h4H,2-3H2,1H3. The van der Waals surface area contributed by atoms with Crippen molar-refractivity contribution in [1.82, 2.24) is 0 Å². The van der Waals surface area contributed by atoms with Crippen LogP contribution >= 0.6 is 34.5 Å². The van der Waals surface area contributed by atoms with E-state index in [2.05, 4.69) is 0 Å². The van der Waals surface area contributed by atoms with Gasteiger partial charge in [-0.05, 0) is 18.6 Å². The highest BCUT2D eigenvalue weighted by Gasteiger charge is 2.10. The van der Waals surface area contributed by atoms with Gasteiger partial charge in [-0.2, -0.15) is 0 Å². The van der Waals surface area contributed by atoms with E-state index in [0.717, 1.165) is 5.56 Å². The van der Waals surface area contributed by atoms with Gasteiger partial charge in [0, 0.05) is 12.3 Å². The molecule has 0 unspecified atom stereocenters. The molecule has 1 nitrogen and oxygen atoms in total. The molecule has 0 bridgehead atoms. The average Bonchev–Trinajstić information content (AvgIpc) is 2.33. The van der Waals surface area contributed by atoms with E-state index in [-0.39, 0.29) is 5.78 Å². The fraction of sp³-hybridized carbons (Fsp3) is 0.375. The van der Waals surface area contributed by atoms with E-state index >= 15 is 0 Å². The molecule has 0 spiro atoms. The third kappa shape index (κ3) is 2.22. The lowest BCUT2D eigenvalue weighted by Gasteiger charge is -1.90. The van der Waals surface area contributed by atoms with Crippen LogP contribution in [0.3, 0.4) is 0 Å². The molecule has 1 aromatic heterocycles. The molecule has 12 heavy (non-hydrogen) atoms. The first kappa shape index (κ1) is 10.0. The van der Waals surface area contributed by atoms with E-state index in [9.17, 15) is 4.79 Å². The zero-order chi connectivity index (χ0) is 9.14. The minimum Gasteiger partial charge on any atom is -0.293 e. The van der Waals surface area contributed by atoms with Gasteiger partial charge in [-0.25, -0.2) is 0 Å². The first-order valence-corrected chi connectivity index (χ1v) is 5.23. The number of carbonyl (C=O) groups is 1. The second-order valence-corrected chi connectivity index (χ2v) is 4.46. The molecule has 0 fully saturated rings. The predicted molar refractivity (Wildman–Crippen MR) is 53.7 cm³/mol. The Balaban J connectivity index is 2.82. The number of Topliss-reactive ketones (excluding diaryl/α,β-unsaturated/α-hetero) is 1. The third-order valence-corrected chi connectivity index (χ3v) is 3.24. The molecule has 0 amide bonds. The molecule has 0 radical (unpaired) electrons. The number of rotatable bonds is 3. The number of ketones is 1. The molecule has 66 valence electrons. The predicted octanol–water partition coefficient (Wildman–Crippen LogP) is 3.52. The molecular weight excluding hydrogens is 215 g/mol. The highest BCUT2D eigenvalue weighted by atomic mass is 35.5. The summed E-state index contributed by atoms with van der Waals surface area (Å²) in [5, 5.41) is 0. The summed E-state index contributed by atoms with van der Waals surface area (Å²) in [5.74, 6) is 0.443. The Labute approximate surface area is 85.3 Å². The van der Waals surface area contributed by atoms with Gasteiger partial charge in [0.2, 0.25) is 0 Å². The Kier molecular flexibility index (Phi) is 3.56. The second kappa shape index (κ2) is 4.26. The molecule has 0 aliphatic carbocycles. The van der Waals surface area contributed by atoms with Gasteiger partial charge in [0.05, 0.1) is 9.21 Å². The van der Waals surface area contributed by atoms with Crippen LogP contribution in [-0.4, -0.2) is 11.7 Å². The number of aryl methyl sites for hydroxylation is 1. The van der Waals surface area contributed by atoms with Gasteiger partial charge in [0.25, 0.3) is 0 Å². The van der Waals surface area contributed by atoms with Crippen molar-refractivity contribution < 1.29 is 4.79 Å². The fourth-order valence-corrected chi connectivity index (χ4v) is 2.15. The Bertz CT molecular complexity index is 274. The summed E-state index contributed by atoms with van der Waals surface area (Å²) in [6.07, 6.45) is 0.387. The number of halogens is 2. The number of thiophene rings is 1. The zero-order valence-electron chi connectivity index (χ0n) is 6.56. The molecule has 0 atom stereocenters. The quantitative estimate of drug-likeness (QED) is 0.566. The van der Waals surface area contributed by atoms with Crippen molar-refractivity contribution >= 4 is 40.3 Å². The van der Waals surface area contributed by atoms with Crippen LogP contribution in [0, 0.1) is 6.92 Å². The molecular formula is C8H8Cl2OS. The topological polar surface area (TPSA) is 17.1 Å².